The first-order valence-corrected chi connectivity index (χ1v) is 7.57. The lowest BCUT2D eigenvalue weighted by molar-refractivity contribution is -0.120. The van der Waals surface area contributed by atoms with Crippen molar-refractivity contribution >= 4 is 11.7 Å². The van der Waals surface area contributed by atoms with Gasteiger partial charge in [0.25, 0.3) is 0 Å². The minimum Gasteiger partial charge on any atom is -0.361 e. The van der Waals surface area contributed by atoms with Gasteiger partial charge in [0.05, 0.1) is 6.54 Å². The van der Waals surface area contributed by atoms with Gasteiger partial charge in [0.2, 0.25) is 5.91 Å². The minimum atomic E-state index is 0.0507. The fourth-order valence-corrected chi connectivity index (χ4v) is 2.39. The van der Waals surface area contributed by atoms with Crippen molar-refractivity contribution in [3.05, 3.63) is 17.6 Å². The third-order valence-corrected chi connectivity index (χ3v) is 3.97. The molecule has 108 valence electrons. The van der Waals surface area contributed by atoms with Gasteiger partial charge in [0.1, 0.15) is 11.6 Å². The van der Waals surface area contributed by atoms with Gasteiger partial charge in [-0.05, 0) is 44.9 Å². The van der Waals surface area contributed by atoms with Crippen molar-refractivity contribution in [2.45, 2.75) is 51.5 Å². The Balaban J connectivity index is 1.52. The van der Waals surface area contributed by atoms with Crippen molar-refractivity contribution in [3.63, 3.8) is 0 Å². The van der Waals surface area contributed by atoms with Gasteiger partial charge >= 0.3 is 0 Å². The average molecular weight is 274 g/mol. The van der Waals surface area contributed by atoms with Gasteiger partial charge in [-0.3, -0.25) is 4.79 Å². The van der Waals surface area contributed by atoms with Crippen LogP contribution in [0.1, 0.15) is 43.6 Å². The van der Waals surface area contributed by atoms with E-state index in [2.05, 4.69) is 20.6 Å². The second kappa shape index (κ2) is 5.77. The van der Waals surface area contributed by atoms with Gasteiger partial charge in [-0.15, -0.1) is 0 Å². The van der Waals surface area contributed by atoms with E-state index in [-0.39, 0.29) is 12.5 Å². The molecule has 1 aromatic rings. The van der Waals surface area contributed by atoms with Crippen LogP contribution in [0.2, 0.25) is 0 Å². The molecule has 2 saturated carbocycles. The fraction of sp³-hybridized carbons (Fsp3) is 0.667. The number of carbonyl (C=O) groups is 1. The van der Waals surface area contributed by atoms with Crippen LogP contribution in [0.5, 0.6) is 0 Å². The Kier molecular flexibility index (Phi) is 3.85. The Morgan fingerprint density at radius 1 is 1.30 bits per heavy atom. The van der Waals surface area contributed by atoms with Gasteiger partial charge in [-0.2, -0.15) is 0 Å². The smallest absolute Gasteiger partial charge is 0.239 e. The van der Waals surface area contributed by atoms with Crippen LogP contribution < -0.4 is 10.6 Å². The number of anilines is 1. The molecule has 0 radical (unpaired) electrons. The normalized spacial score (nSPS) is 18.4. The van der Waals surface area contributed by atoms with Crippen molar-refractivity contribution in [1.29, 1.82) is 0 Å². The SMILES string of the molecule is Cc1cc(NCC(=O)NC2CCC2)nc(CC2CC2)n1. The molecule has 1 amide bonds. The number of hydrogen-bond donors (Lipinski definition) is 2. The zero-order valence-electron chi connectivity index (χ0n) is 12.0. The van der Waals surface area contributed by atoms with Crippen LogP contribution in [-0.2, 0) is 11.2 Å². The number of rotatable bonds is 6. The number of amides is 1. The second-order valence-electron chi connectivity index (χ2n) is 6.01. The molecule has 1 heterocycles. The fourth-order valence-electron chi connectivity index (χ4n) is 2.39. The molecule has 0 saturated heterocycles. The summed E-state index contributed by atoms with van der Waals surface area (Å²) in [5.74, 6) is 2.48. The van der Waals surface area contributed by atoms with Crippen molar-refractivity contribution in [2.24, 2.45) is 5.92 Å². The maximum atomic E-state index is 11.8. The molecular formula is C15H22N4O. The lowest BCUT2D eigenvalue weighted by atomic mass is 9.93. The Morgan fingerprint density at radius 3 is 2.75 bits per heavy atom. The zero-order valence-corrected chi connectivity index (χ0v) is 12.0. The van der Waals surface area contributed by atoms with E-state index in [9.17, 15) is 4.79 Å². The molecule has 0 unspecified atom stereocenters. The summed E-state index contributed by atoms with van der Waals surface area (Å²) in [5, 5.41) is 6.12. The monoisotopic (exact) mass is 274 g/mol. The molecule has 0 aromatic carbocycles. The van der Waals surface area contributed by atoms with Crippen LogP contribution in [-0.4, -0.2) is 28.5 Å². The number of nitrogens with zero attached hydrogens (tertiary/aromatic N) is 2. The van der Waals surface area contributed by atoms with Crippen LogP contribution in [0.4, 0.5) is 5.82 Å². The molecule has 5 heteroatoms. The summed E-state index contributed by atoms with van der Waals surface area (Å²) in [7, 11) is 0. The van der Waals surface area contributed by atoms with Crippen molar-refractivity contribution in [2.75, 3.05) is 11.9 Å². The number of aryl methyl sites for hydroxylation is 1. The van der Waals surface area contributed by atoms with Crippen molar-refractivity contribution in [1.82, 2.24) is 15.3 Å². The first-order valence-electron chi connectivity index (χ1n) is 7.57. The molecule has 0 spiro atoms. The molecule has 0 atom stereocenters. The molecule has 20 heavy (non-hydrogen) atoms. The zero-order chi connectivity index (χ0) is 13.9. The quantitative estimate of drug-likeness (QED) is 0.830. The van der Waals surface area contributed by atoms with Crippen LogP contribution in [0.25, 0.3) is 0 Å². The standard InChI is InChI=1S/C15H22N4O/c1-10-7-13(19-14(17-10)8-11-5-6-11)16-9-15(20)18-12-3-2-4-12/h7,11-12H,2-6,8-9H2,1H3,(H,18,20)(H,16,17,19). The van der Waals surface area contributed by atoms with Crippen LogP contribution in [0, 0.1) is 12.8 Å². The lowest BCUT2D eigenvalue weighted by Gasteiger charge is -2.26. The first-order chi connectivity index (χ1) is 9.69. The highest BCUT2D eigenvalue weighted by Crippen LogP contribution is 2.31. The van der Waals surface area contributed by atoms with E-state index < -0.39 is 0 Å². The third-order valence-electron chi connectivity index (χ3n) is 3.97. The number of nitrogens with one attached hydrogen (secondary N) is 2. The Morgan fingerprint density at radius 2 is 2.10 bits per heavy atom. The molecule has 2 aliphatic rings. The van der Waals surface area contributed by atoms with E-state index in [1.165, 1.54) is 19.3 Å². The van der Waals surface area contributed by atoms with E-state index in [4.69, 9.17) is 0 Å². The number of carbonyl (C=O) groups excluding carboxylic acids is 1. The molecule has 2 fully saturated rings. The van der Waals surface area contributed by atoms with E-state index in [1.54, 1.807) is 0 Å². The highest BCUT2D eigenvalue weighted by molar-refractivity contribution is 5.80. The molecule has 2 aliphatic carbocycles. The van der Waals surface area contributed by atoms with Gasteiger partial charge in [0, 0.05) is 24.2 Å². The third kappa shape index (κ3) is 3.68. The highest BCUT2D eigenvalue weighted by atomic mass is 16.2. The molecular weight excluding hydrogens is 252 g/mol. The molecule has 0 aliphatic heterocycles. The van der Waals surface area contributed by atoms with E-state index in [0.29, 0.717) is 6.04 Å². The Bertz CT molecular complexity index is 495. The molecule has 1 aromatic heterocycles. The summed E-state index contributed by atoms with van der Waals surface area (Å²) in [6, 6.07) is 2.29. The van der Waals surface area contributed by atoms with E-state index in [1.807, 2.05) is 13.0 Å². The summed E-state index contributed by atoms with van der Waals surface area (Å²) in [6.07, 6.45) is 7.01. The first kappa shape index (κ1) is 13.3. The molecule has 5 nitrogen and oxygen atoms in total. The summed E-state index contributed by atoms with van der Waals surface area (Å²) in [5.41, 5.74) is 0.956. The summed E-state index contributed by atoms with van der Waals surface area (Å²) < 4.78 is 0. The van der Waals surface area contributed by atoms with Gasteiger partial charge in [-0.25, -0.2) is 9.97 Å². The molecule has 3 rings (SSSR count). The van der Waals surface area contributed by atoms with Gasteiger partial charge < -0.3 is 10.6 Å². The topological polar surface area (TPSA) is 66.9 Å². The summed E-state index contributed by atoms with van der Waals surface area (Å²) in [6.45, 7) is 2.26. The predicted molar refractivity (Wildman–Crippen MR) is 77.5 cm³/mol. The van der Waals surface area contributed by atoms with Crippen LogP contribution >= 0.6 is 0 Å². The van der Waals surface area contributed by atoms with Crippen LogP contribution in [0.3, 0.4) is 0 Å². The largest absolute Gasteiger partial charge is 0.361 e. The van der Waals surface area contributed by atoms with Crippen LogP contribution in [0.15, 0.2) is 6.07 Å². The molecule has 0 bridgehead atoms. The predicted octanol–water partition coefficient (Wildman–Crippen LogP) is 1.82. The lowest BCUT2D eigenvalue weighted by Crippen LogP contribution is -2.42. The maximum absolute atomic E-state index is 11.8. The minimum absolute atomic E-state index is 0.0507. The summed E-state index contributed by atoms with van der Waals surface area (Å²) in [4.78, 5) is 20.7. The van der Waals surface area contributed by atoms with E-state index in [0.717, 1.165) is 42.5 Å². The summed E-state index contributed by atoms with van der Waals surface area (Å²) >= 11 is 0. The van der Waals surface area contributed by atoms with Crippen molar-refractivity contribution in [3.8, 4) is 0 Å². The Hall–Kier alpha value is -1.65. The number of hydrogen-bond acceptors (Lipinski definition) is 4. The Labute approximate surface area is 119 Å². The molecule has 2 N–H and O–H groups in total. The van der Waals surface area contributed by atoms with Crippen molar-refractivity contribution < 1.29 is 4.79 Å². The van der Waals surface area contributed by atoms with E-state index >= 15 is 0 Å². The second-order valence-corrected chi connectivity index (χ2v) is 6.01. The van der Waals surface area contributed by atoms with Gasteiger partial charge in [-0.1, -0.05) is 0 Å². The number of aromatic nitrogens is 2. The maximum Gasteiger partial charge on any atom is 0.239 e. The van der Waals surface area contributed by atoms with Gasteiger partial charge in [0.15, 0.2) is 0 Å². The highest BCUT2D eigenvalue weighted by Gasteiger charge is 2.23. The average Bonchev–Trinajstić information content (AvgIpc) is 3.14.